The predicted octanol–water partition coefficient (Wildman–Crippen LogP) is 4.48. The summed E-state index contributed by atoms with van der Waals surface area (Å²) in [5, 5.41) is 0. The zero-order valence-corrected chi connectivity index (χ0v) is 10.2. The number of carbonyl (C=O) groups is 1. The number of benzene rings is 2. The summed E-state index contributed by atoms with van der Waals surface area (Å²) in [6, 6.07) is 14.0. The van der Waals surface area contributed by atoms with Crippen LogP contribution in [0.4, 0.5) is 8.78 Å². The number of alkyl halides is 2. The number of thioether (sulfide) groups is 1. The maximum absolute atomic E-state index is 12.2. The first-order chi connectivity index (χ1) is 8.69. The highest BCUT2D eigenvalue weighted by Crippen LogP contribution is 2.28. The van der Waals surface area contributed by atoms with E-state index in [1.807, 2.05) is 12.1 Å². The minimum Gasteiger partial charge on any atom is -0.298 e. The van der Waals surface area contributed by atoms with Gasteiger partial charge in [0.15, 0.2) is 0 Å². The standard InChI is InChI=1S/C14H10F2OS/c15-14(16)18-13-7-5-12(6-8-13)11-3-1-10(9-17)2-4-11/h1-9,14H. The molecular formula is C14H10F2OS. The van der Waals surface area contributed by atoms with Gasteiger partial charge in [0.25, 0.3) is 5.76 Å². The summed E-state index contributed by atoms with van der Waals surface area (Å²) >= 11 is 0.529. The molecule has 0 aromatic heterocycles. The molecule has 0 atom stereocenters. The Balaban J connectivity index is 2.20. The molecule has 0 heterocycles. The molecule has 0 saturated carbocycles. The van der Waals surface area contributed by atoms with Gasteiger partial charge in [0.2, 0.25) is 0 Å². The molecule has 0 saturated heterocycles. The summed E-state index contributed by atoms with van der Waals surface area (Å²) in [7, 11) is 0. The third-order valence-corrected chi connectivity index (χ3v) is 3.18. The van der Waals surface area contributed by atoms with Crippen LogP contribution in [-0.2, 0) is 0 Å². The van der Waals surface area contributed by atoms with Crippen molar-refractivity contribution in [2.75, 3.05) is 0 Å². The van der Waals surface area contributed by atoms with Gasteiger partial charge in [-0.3, -0.25) is 4.79 Å². The van der Waals surface area contributed by atoms with Crippen molar-refractivity contribution in [1.82, 2.24) is 0 Å². The van der Waals surface area contributed by atoms with Crippen LogP contribution in [0.2, 0.25) is 0 Å². The van der Waals surface area contributed by atoms with Crippen molar-refractivity contribution in [1.29, 1.82) is 0 Å². The molecule has 0 aliphatic heterocycles. The molecule has 0 spiro atoms. The summed E-state index contributed by atoms with van der Waals surface area (Å²) in [5.74, 6) is -2.40. The third-order valence-electron chi connectivity index (χ3n) is 2.46. The SMILES string of the molecule is O=Cc1ccc(-c2ccc(SC(F)F)cc2)cc1. The molecule has 0 aliphatic carbocycles. The highest BCUT2D eigenvalue weighted by molar-refractivity contribution is 7.99. The molecule has 1 nitrogen and oxygen atoms in total. The molecule has 4 heteroatoms. The number of rotatable bonds is 4. The fourth-order valence-electron chi connectivity index (χ4n) is 1.58. The van der Waals surface area contributed by atoms with Crippen LogP contribution in [0.25, 0.3) is 11.1 Å². The Morgan fingerprint density at radius 3 is 1.83 bits per heavy atom. The predicted molar refractivity (Wildman–Crippen MR) is 69.1 cm³/mol. The van der Waals surface area contributed by atoms with Gasteiger partial charge in [-0.15, -0.1) is 0 Å². The average molecular weight is 264 g/mol. The minimum atomic E-state index is -2.40. The Morgan fingerprint density at radius 2 is 1.39 bits per heavy atom. The summed E-state index contributed by atoms with van der Waals surface area (Å²) in [4.78, 5) is 11.1. The molecule has 0 amide bonds. The van der Waals surface area contributed by atoms with Crippen LogP contribution < -0.4 is 0 Å². The number of hydrogen-bond acceptors (Lipinski definition) is 2. The molecule has 0 unspecified atom stereocenters. The average Bonchev–Trinajstić information content (AvgIpc) is 2.39. The number of carbonyl (C=O) groups excluding carboxylic acids is 1. The normalized spacial score (nSPS) is 10.6. The Bertz CT molecular complexity index is 520. The lowest BCUT2D eigenvalue weighted by Crippen LogP contribution is -1.83. The molecule has 92 valence electrons. The van der Waals surface area contributed by atoms with Gasteiger partial charge in [0.05, 0.1) is 0 Å². The number of aldehydes is 1. The minimum absolute atomic E-state index is 0.529. The van der Waals surface area contributed by atoms with Gasteiger partial charge in [-0.25, -0.2) is 0 Å². The molecule has 0 fully saturated rings. The van der Waals surface area contributed by atoms with E-state index in [-0.39, 0.29) is 0 Å². The molecule has 2 aromatic rings. The fourth-order valence-corrected chi connectivity index (χ4v) is 2.08. The zero-order chi connectivity index (χ0) is 13.0. The van der Waals surface area contributed by atoms with Gasteiger partial charge in [0.1, 0.15) is 6.29 Å². The van der Waals surface area contributed by atoms with E-state index >= 15 is 0 Å². The fraction of sp³-hybridized carbons (Fsp3) is 0.0714. The topological polar surface area (TPSA) is 17.1 Å². The van der Waals surface area contributed by atoms with Crippen LogP contribution in [0.1, 0.15) is 10.4 Å². The molecule has 2 rings (SSSR count). The molecular weight excluding hydrogens is 254 g/mol. The van der Waals surface area contributed by atoms with Gasteiger partial charge >= 0.3 is 0 Å². The quantitative estimate of drug-likeness (QED) is 0.598. The van der Waals surface area contributed by atoms with Crippen molar-refractivity contribution < 1.29 is 13.6 Å². The van der Waals surface area contributed by atoms with Crippen molar-refractivity contribution in [3.8, 4) is 11.1 Å². The lowest BCUT2D eigenvalue weighted by molar-refractivity contribution is 0.112. The lowest BCUT2D eigenvalue weighted by Gasteiger charge is -2.04. The highest BCUT2D eigenvalue weighted by atomic mass is 32.2. The van der Waals surface area contributed by atoms with Crippen LogP contribution in [0.15, 0.2) is 53.4 Å². The second-order valence-electron chi connectivity index (χ2n) is 3.64. The van der Waals surface area contributed by atoms with E-state index in [0.717, 1.165) is 17.4 Å². The second kappa shape index (κ2) is 5.78. The second-order valence-corrected chi connectivity index (χ2v) is 4.71. The first-order valence-corrected chi connectivity index (χ1v) is 6.17. The van der Waals surface area contributed by atoms with Crippen molar-refractivity contribution >= 4 is 18.0 Å². The summed E-state index contributed by atoms with van der Waals surface area (Å²) in [5.41, 5.74) is 2.50. The molecule has 0 radical (unpaired) electrons. The number of hydrogen-bond donors (Lipinski definition) is 0. The van der Waals surface area contributed by atoms with Gasteiger partial charge < -0.3 is 0 Å². The first kappa shape index (κ1) is 12.8. The monoisotopic (exact) mass is 264 g/mol. The number of halogens is 2. The maximum Gasteiger partial charge on any atom is 0.288 e. The Kier molecular flexibility index (Phi) is 4.10. The molecule has 0 aliphatic rings. The Morgan fingerprint density at radius 1 is 0.889 bits per heavy atom. The Hall–Kier alpha value is -1.68. The summed E-state index contributed by atoms with van der Waals surface area (Å²) < 4.78 is 24.3. The van der Waals surface area contributed by atoms with Gasteiger partial charge in [-0.2, -0.15) is 8.78 Å². The zero-order valence-electron chi connectivity index (χ0n) is 9.35. The third kappa shape index (κ3) is 3.17. The van der Waals surface area contributed by atoms with Gasteiger partial charge in [-0.05, 0) is 23.3 Å². The van der Waals surface area contributed by atoms with E-state index in [2.05, 4.69) is 0 Å². The van der Waals surface area contributed by atoms with Crippen molar-refractivity contribution in [3.63, 3.8) is 0 Å². The molecule has 18 heavy (non-hydrogen) atoms. The van der Waals surface area contributed by atoms with Crippen LogP contribution >= 0.6 is 11.8 Å². The van der Waals surface area contributed by atoms with Gasteiger partial charge in [0, 0.05) is 10.5 Å². The summed E-state index contributed by atoms with van der Waals surface area (Å²) in [6.45, 7) is 0. The largest absolute Gasteiger partial charge is 0.298 e. The van der Waals surface area contributed by atoms with Crippen molar-refractivity contribution in [2.45, 2.75) is 10.7 Å². The summed E-state index contributed by atoms with van der Waals surface area (Å²) in [6.07, 6.45) is 0.784. The van der Waals surface area contributed by atoms with E-state index in [0.29, 0.717) is 22.2 Å². The molecule has 0 bridgehead atoms. The van der Waals surface area contributed by atoms with E-state index < -0.39 is 5.76 Å². The van der Waals surface area contributed by atoms with E-state index in [4.69, 9.17) is 0 Å². The van der Waals surface area contributed by atoms with Crippen molar-refractivity contribution in [2.24, 2.45) is 0 Å². The van der Waals surface area contributed by atoms with Gasteiger partial charge in [-0.1, -0.05) is 48.2 Å². The first-order valence-electron chi connectivity index (χ1n) is 5.29. The Labute approximate surface area is 108 Å². The van der Waals surface area contributed by atoms with Crippen LogP contribution in [0, 0.1) is 0 Å². The van der Waals surface area contributed by atoms with Crippen LogP contribution in [0.3, 0.4) is 0 Å². The van der Waals surface area contributed by atoms with E-state index in [1.54, 1.807) is 36.4 Å². The van der Waals surface area contributed by atoms with Crippen molar-refractivity contribution in [3.05, 3.63) is 54.1 Å². The molecule has 0 N–H and O–H groups in total. The van der Waals surface area contributed by atoms with Crippen LogP contribution in [-0.4, -0.2) is 12.0 Å². The molecule has 2 aromatic carbocycles. The highest BCUT2D eigenvalue weighted by Gasteiger charge is 2.05. The smallest absolute Gasteiger partial charge is 0.288 e. The van der Waals surface area contributed by atoms with Crippen LogP contribution in [0.5, 0.6) is 0 Å². The maximum atomic E-state index is 12.2. The van der Waals surface area contributed by atoms with E-state index in [9.17, 15) is 13.6 Å². The lowest BCUT2D eigenvalue weighted by atomic mass is 10.0. The van der Waals surface area contributed by atoms with E-state index in [1.165, 1.54) is 0 Å².